The van der Waals surface area contributed by atoms with Crippen molar-refractivity contribution >= 4 is 17.9 Å². The van der Waals surface area contributed by atoms with Crippen LogP contribution in [0.2, 0.25) is 0 Å². The molecule has 1 aromatic carbocycles. The average Bonchev–Trinajstić information content (AvgIpc) is 2.03. The lowest BCUT2D eigenvalue weighted by molar-refractivity contribution is 0.169. The number of ether oxygens (including phenoxy) is 1. The molecule has 0 spiro atoms. The van der Waals surface area contributed by atoms with Gasteiger partial charge < -0.3 is 4.74 Å². The quantitative estimate of drug-likeness (QED) is 0.562. The Hall–Kier alpha value is -0.960. The van der Waals surface area contributed by atoms with Gasteiger partial charge in [0.25, 0.3) is 0 Å². The molecule has 0 aromatic heterocycles. The Bertz CT molecular complexity index is 284. The topological polar surface area (TPSA) is 26.3 Å². The van der Waals surface area contributed by atoms with Gasteiger partial charge in [0.1, 0.15) is 6.61 Å². The summed E-state index contributed by atoms with van der Waals surface area (Å²) < 4.78 is 4.73. The Morgan fingerprint density at radius 2 is 2.17 bits per heavy atom. The maximum Gasteiger partial charge on any atom is 0.364 e. The van der Waals surface area contributed by atoms with Crippen LogP contribution in [-0.2, 0) is 11.3 Å². The van der Waals surface area contributed by atoms with Crippen LogP contribution < -0.4 is 0 Å². The number of hydrogen-bond donors (Lipinski definition) is 1. The van der Waals surface area contributed by atoms with Gasteiger partial charge in [0.05, 0.1) is 0 Å². The Labute approximate surface area is 77.0 Å². The number of rotatable bonds is 2. The Morgan fingerprint density at radius 3 is 2.75 bits per heavy atom. The molecule has 0 unspecified atom stereocenters. The molecular weight excluding hydrogens is 172 g/mol. The van der Waals surface area contributed by atoms with Gasteiger partial charge in [-0.05, 0) is 18.1 Å². The van der Waals surface area contributed by atoms with Gasteiger partial charge in [0.2, 0.25) is 0 Å². The highest BCUT2D eigenvalue weighted by molar-refractivity contribution is 7.96. The van der Waals surface area contributed by atoms with E-state index in [2.05, 4.69) is 12.6 Å². The Balaban J connectivity index is 2.63. The second-order valence-electron chi connectivity index (χ2n) is 2.48. The van der Waals surface area contributed by atoms with E-state index < -0.39 is 5.30 Å². The van der Waals surface area contributed by atoms with Crippen molar-refractivity contribution in [3.05, 3.63) is 35.4 Å². The third-order valence-electron chi connectivity index (χ3n) is 1.61. The average molecular weight is 182 g/mol. The molecule has 3 heteroatoms. The second kappa shape index (κ2) is 4.16. The lowest BCUT2D eigenvalue weighted by Crippen LogP contribution is -1.96. The molecule has 0 aliphatic rings. The molecule has 0 amide bonds. The summed E-state index contributed by atoms with van der Waals surface area (Å²) in [6.45, 7) is 2.27. The summed E-state index contributed by atoms with van der Waals surface area (Å²) >= 11 is 3.50. The zero-order valence-electron chi connectivity index (χ0n) is 6.78. The molecule has 0 bridgehead atoms. The van der Waals surface area contributed by atoms with Crippen molar-refractivity contribution in [3.8, 4) is 0 Å². The zero-order valence-corrected chi connectivity index (χ0v) is 7.67. The third kappa shape index (κ3) is 2.58. The molecule has 1 rings (SSSR count). The van der Waals surface area contributed by atoms with Crippen LogP contribution in [0.1, 0.15) is 11.1 Å². The van der Waals surface area contributed by atoms with E-state index >= 15 is 0 Å². The van der Waals surface area contributed by atoms with Crippen LogP contribution in [0.3, 0.4) is 0 Å². The van der Waals surface area contributed by atoms with Gasteiger partial charge in [-0.15, -0.1) is 0 Å². The van der Waals surface area contributed by atoms with Gasteiger partial charge in [-0.2, -0.15) is 0 Å². The van der Waals surface area contributed by atoms with Crippen LogP contribution in [0.5, 0.6) is 0 Å². The number of thiol groups is 1. The van der Waals surface area contributed by atoms with Gasteiger partial charge in [-0.1, -0.05) is 36.9 Å². The van der Waals surface area contributed by atoms with E-state index in [-0.39, 0.29) is 0 Å². The van der Waals surface area contributed by atoms with E-state index in [0.29, 0.717) is 6.61 Å². The van der Waals surface area contributed by atoms with Gasteiger partial charge in [0.15, 0.2) is 0 Å². The molecule has 0 N–H and O–H groups in total. The predicted octanol–water partition coefficient (Wildman–Crippen LogP) is 2.56. The minimum Gasteiger partial charge on any atom is -0.453 e. The standard InChI is InChI=1S/C9H10O2S/c1-7-4-2-3-5-8(7)6-11-9(10)12/h2-5H,6H2,1H3,(H,10,12). The fraction of sp³-hybridized carbons (Fsp3) is 0.222. The molecule has 0 radical (unpaired) electrons. The summed E-state index contributed by atoms with van der Waals surface area (Å²) in [4.78, 5) is 10.4. The molecule has 12 heavy (non-hydrogen) atoms. The van der Waals surface area contributed by atoms with Gasteiger partial charge in [0, 0.05) is 0 Å². The van der Waals surface area contributed by atoms with Crippen LogP contribution in [-0.4, -0.2) is 5.30 Å². The fourth-order valence-corrected chi connectivity index (χ4v) is 0.976. The second-order valence-corrected chi connectivity index (χ2v) is 2.85. The fourth-order valence-electron chi connectivity index (χ4n) is 0.912. The van der Waals surface area contributed by atoms with E-state index in [1.54, 1.807) is 0 Å². The summed E-state index contributed by atoms with van der Waals surface area (Å²) in [5, 5.41) is -0.543. The van der Waals surface area contributed by atoms with E-state index in [9.17, 15) is 4.79 Å². The molecular formula is C9H10O2S. The van der Waals surface area contributed by atoms with Crippen molar-refractivity contribution in [1.82, 2.24) is 0 Å². The summed E-state index contributed by atoms with van der Waals surface area (Å²) in [5.41, 5.74) is 2.13. The number of aryl methyl sites for hydroxylation is 1. The SMILES string of the molecule is Cc1ccccc1COC(=O)S. The predicted molar refractivity (Wildman–Crippen MR) is 50.4 cm³/mol. The first kappa shape index (κ1) is 9.13. The molecule has 2 nitrogen and oxygen atoms in total. The van der Waals surface area contributed by atoms with Crippen LogP contribution in [0.4, 0.5) is 4.79 Å². The highest BCUT2D eigenvalue weighted by atomic mass is 32.1. The first-order valence-corrected chi connectivity index (χ1v) is 4.05. The minimum absolute atomic E-state index is 0.301. The molecule has 0 aliphatic heterocycles. The first-order chi connectivity index (χ1) is 5.70. The number of carbonyl (C=O) groups is 1. The lowest BCUT2D eigenvalue weighted by Gasteiger charge is -2.03. The van der Waals surface area contributed by atoms with Crippen molar-refractivity contribution in [2.24, 2.45) is 0 Å². The minimum atomic E-state index is -0.543. The number of carbonyl (C=O) groups excluding carboxylic acids is 1. The largest absolute Gasteiger partial charge is 0.453 e. The molecule has 64 valence electrons. The summed E-state index contributed by atoms with van der Waals surface area (Å²) in [7, 11) is 0. The zero-order chi connectivity index (χ0) is 8.97. The number of hydrogen-bond acceptors (Lipinski definition) is 2. The van der Waals surface area contributed by atoms with E-state index in [0.717, 1.165) is 11.1 Å². The van der Waals surface area contributed by atoms with Gasteiger partial charge >= 0.3 is 5.30 Å². The normalized spacial score (nSPS) is 9.50. The molecule has 0 heterocycles. The van der Waals surface area contributed by atoms with Crippen molar-refractivity contribution < 1.29 is 9.53 Å². The van der Waals surface area contributed by atoms with Gasteiger partial charge in [-0.3, -0.25) is 0 Å². The summed E-state index contributed by atoms with van der Waals surface area (Å²) in [6.07, 6.45) is 0. The van der Waals surface area contributed by atoms with Crippen LogP contribution >= 0.6 is 12.6 Å². The van der Waals surface area contributed by atoms with Crippen molar-refractivity contribution in [3.63, 3.8) is 0 Å². The summed E-state index contributed by atoms with van der Waals surface area (Å²) in [6, 6.07) is 7.75. The molecule has 0 saturated carbocycles. The smallest absolute Gasteiger partial charge is 0.364 e. The van der Waals surface area contributed by atoms with Crippen LogP contribution in [0.25, 0.3) is 0 Å². The van der Waals surface area contributed by atoms with Crippen molar-refractivity contribution in [1.29, 1.82) is 0 Å². The van der Waals surface area contributed by atoms with E-state index in [1.165, 1.54) is 0 Å². The first-order valence-electron chi connectivity index (χ1n) is 3.60. The van der Waals surface area contributed by atoms with Crippen molar-refractivity contribution in [2.75, 3.05) is 0 Å². The maximum absolute atomic E-state index is 10.4. The highest BCUT2D eigenvalue weighted by Crippen LogP contribution is 2.08. The Morgan fingerprint density at radius 1 is 1.50 bits per heavy atom. The third-order valence-corrected chi connectivity index (χ3v) is 1.74. The highest BCUT2D eigenvalue weighted by Gasteiger charge is 1.98. The molecule has 1 aromatic rings. The molecule has 0 fully saturated rings. The van der Waals surface area contributed by atoms with Crippen LogP contribution in [0, 0.1) is 6.92 Å². The van der Waals surface area contributed by atoms with E-state index in [1.807, 2.05) is 31.2 Å². The number of benzene rings is 1. The molecule has 0 atom stereocenters. The van der Waals surface area contributed by atoms with Crippen molar-refractivity contribution in [2.45, 2.75) is 13.5 Å². The van der Waals surface area contributed by atoms with Gasteiger partial charge in [-0.25, -0.2) is 4.79 Å². The molecule has 0 saturated heterocycles. The Kier molecular flexibility index (Phi) is 3.17. The lowest BCUT2D eigenvalue weighted by atomic mass is 10.1. The summed E-state index contributed by atoms with van der Waals surface area (Å²) in [5.74, 6) is 0. The molecule has 0 aliphatic carbocycles. The van der Waals surface area contributed by atoms with Crippen LogP contribution in [0.15, 0.2) is 24.3 Å². The van der Waals surface area contributed by atoms with E-state index in [4.69, 9.17) is 4.74 Å². The monoisotopic (exact) mass is 182 g/mol. The maximum atomic E-state index is 10.4.